The van der Waals surface area contributed by atoms with E-state index in [2.05, 4.69) is 4.90 Å². The summed E-state index contributed by atoms with van der Waals surface area (Å²) in [5.41, 5.74) is 0.333. The maximum atomic E-state index is 12.8. The molecular formula is C20H24N2O2. The number of ketones is 1. The highest BCUT2D eigenvalue weighted by Gasteiger charge is 2.35. The first-order chi connectivity index (χ1) is 11.6. The highest BCUT2D eigenvalue weighted by Crippen LogP contribution is 2.30. The summed E-state index contributed by atoms with van der Waals surface area (Å²) in [5, 5.41) is 0. The van der Waals surface area contributed by atoms with E-state index in [1.807, 2.05) is 66.5 Å². The second-order valence-electron chi connectivity index (χ2n) is 6.77. The van der Waals surface area contributed by atoms with Gasteiger partial charge in [0.1, 0.15) is 0 Å². The summed E-state index contributed by atoms with van der Waals surface area (Å²) in [6.45, 7) is 5.30. The number of benzene rings is 1. The van der Waals surface area contributed by atoms with Crippen LogP contribution in [0.25, 0.3) is 0 Å². The molecule has 1 aliphatic heterocycles. The number of carbonyl (C=O) groups is 2. The van der Waals surface area contributed by atoms with Gasteiger partial charge < -0.3 is 4.90 Å². The highest BCUT2D eigenvalue weighted by molar-refractivity contribution is 5.97. The van der Waals surface area contributed by atoms with Gasteiger partial charge in [0.25, 0.3) is 0 Å². The second-order valence-corrected chi connectivity index (χ2v) is 6.77. The molecule has 4 nitrogen and oxygen atoms in total. The summed E-state index contributed by atoms with van der Waals surface area (Å²) in [6.07, 6.45) is 8.75. The van der Waals surface area contributed by atoms with Crippen molar-refractivity contribution in [3.05, 3.63) is 60.2 Å². The fourth-order valence-electron chi connectivity index (χ4n) is 3.27. The van der Waals surface area contributed by atoms with Crippen LogP contribution >= 0.6 is 0 Å². The number of allylic oxidation sites excluding steroid dienone is 3. The fraction of sp³-hybridized carbons (Fsp3) is 0.400. The Bertz CT molecular complexity index is 657. The average molecular weight is 324 g/mol. The van der Waals surface area contributed by atoms with Gasteiger partial charge in [0.15, 0.2) is 5.78 Å². The Hall–Kier alpha value is -2.20. The van der Waals surface area contributed by atoms with Crippen molar-refractivity contribution in [3.8, 4) is 0 Å². The number of rotatable bonds is 4. The highest BCUT2D eigenvalue weighted by atomic mass is 16.2. The number of piperazine rings is 1. The van der Waals surface area contributed by atoms with Crippen LogP contribution in [0.3, 0.4) is 0 Å². The summed E-state index contributed by atoms with van der Waals surface area (Å²) in [4.78, 5) is 29.1. The maximum Gasteiger partial charge on any atom is 0.232 e. The van der Waals surface area contributed by atoms with E-state index in [0.29, 0.717) is 19.6 Å². The fourth-order valence-corrected chi connectivity index (χ4v) is 3.27. The summed E-state index contributed by atoms with van der Waals surface area (Å²) < 4.78 is 0. The summed E-state index contributed by atoms with van der Waals surface area (Å²) in [6, 6.07) is 9.39. The zero-order valence-electron chi connectivity index (χ0n) is 14.1. The van der Waals surface area contributed by atoms with Gasteiger partial charge in [-0.05, 0) is 13.3 Å². The topological polar surface area (TPSA) is 40.6 Å². The van der Waals surface area contributed by atoms with Crippen LogP contribution in [0.2, 0.25) is 0 Å². The van der Waals surface area contributed by atoms with Crippen molar-refractivity contribution in [2.24, 2.45) is 5.41 Å². The van der Waals surface area contributed by atoms with Crippen LogP contribution in [-0.2, 0) is 4.79 Å². The molecule has 0 spiro atoms. The smallest absolute Gasteiger partial charge is 0.232 e. The lowest BCUT2D eigenvalue weighted by Gasteiger charge is -2.38. The molecule has 1 amide bonds. The first-order valence-corrected chi connectivity index (χ1v) is 8.53. The lowest BCUT2D eigenvalue weighted by molar-refractivity contribution is -0.140. The molecule has 1 aromatic carbocycles. The molecule has 1 aromatic rings. The van der Waals surface area contributed by atoms with Crippen LogP contribution in [0.1, 0.15) is 23.7 Å². The predicted molar refractivity (Wildman–Crippen MR) is 94.8 cm³/mol. The van der Waals surface area contributed by atoms with E-state index in [-0.39, 0.29) is 11.7 Å². The molecule has 1 atom stereocenters. The molecule has 1 unspecified atom stereocenters. The molecule has 2 aliphatic rings. The molecule has 24 heavy (non-hydrogen) atoms. The SMILES string of the molecule is CC1(C(=O)N2CCN(CC(=O)c3ccccc3)CC2)C=CC=CC1. The minimum absolute atomic E-state index is 0.141. The van der Waals surface area contributed by atoms with Gasteiger partial charge in [-0.2, -0.15) is 0 Å². The number of hydrogen-bond donors (Lipinski definition) is 0. The number of nitrogens with zero attached hydrogens (tertiary/aromatic N) is 2. The third-order valence-electron chi connectivity index (χ3n) is 4.86. The molecule has 0 bridgehead atoms. The van der Waals surface area contributed by atoms with Crippen LogP contribution in [0.15, 0.2) is 54.6 Å². The van der Waals surface area contributed by atoms with Gasteiger partial charge in [-0.15, -0.1) is 0 Å². The minimum atomic E-state index is -0.420. The molecule has 126 valence electrons. The minimum Gasteiger partial charge on any atom is -0.339 e. The van der Waals surface area contributed by atoms with Gasteiger partial charge >= 0.3 is 0 Å². The van der Waals surface area contributed by atoms with Crippen LogP contribution in [-0.4, -0.2) is 54.2 Å². The number of amides is 1. The number of hydrogen-bond acceptors (Lipinski definition) is 3. The van der Waals surface area contributed by atoms with E-state index in [0.717, 1.165) is 25.1 Å². The van der Waals surface area contributed by atoms with Gasteiger partial charge in [0.2, 0.25) is 5.91 Å². The van der Waals surface area contributed by atoms with E-state index in [4.69, 9.17) is 0 Å². The van der Waals surface area contributed by atoms with Crippen molar-refractivity contribution >= 4 is 11.7 Å². The number of Topliss-reactive ketones (excluding diaryl/α,β-unsaturated/α-hetero) is 1. The monoisotopic (exact) mass is 324 g/mol. The van der Waals surface area contributed by atoms with Crippen LogP contribution in [0.4, 0.5) is 0 Å². The van der Waals surface area contributed by atoms with Gasteiger partial charge in [0.05, 0.1) is 12.0 Å². The second kappa shape index (κ2) is 7.14. The van der Waals surface area contributed by atoms with E-state index in [1.54, 1.807) is 0 Å². The van der Waals surface area contributed by atoms with Gasteiger partial charge in [-0.25, -0.2) is 0 Å². The zero-order valence-corrected chi connectivity index (χ0v) is 14.1. The summed E-state index contributed by atoms with van der Waals surface area (Å²) in [5.74, 6) is 0.333. The van der Waals surface area contributed by atoms with E-state index < -0.39 is 5.41 Å². The first-order valence-electron chi connectivity index (χ1n) is 8.53. The first kappa shape index (κ1) is 16.7. The molecule has 0 aromatic heterocycles. The molecular weight excluding hydrogens is 300 g/mol. The molecule has 1 heterocycles. The Kier molecular flexibility index (Phi) is 4.95. The molecule has 1 aliphatic carbocycles. The van der Waals surface area contributed by atoms with Crippen molar-refractivity contribution in [3.63, 3.8) is 0 Å². The third-order valence-corrected chi connectivity index (χ3v) is 4.86. The number of carbonyl (C=O) groups excluding carboxylic acids is 2. The van der Waals surface area contributed by atoms with E-state index in [1.165, 1.54) is 0 Å². The van der Waals surface area contributed by atoms with Crippen molar-refractivity contribution in [1.29, 1.82) is 0 Å². The predicted octanol–water partition coefficient (Wildman–Crippen LogP) is 2.54. The molecule has 4 heteroatoms. The molecule has 0 radical (unpaired) electrons. The van der Waals surface area contributed by atoms with Crippen LogP contribution < -0.4 is 0 Å². The molecule has 0 N–H and O–H groups in total. The maximum absolute atomic E-state index is 12.8. The third kappa shape index (κ3) is 3.65. The Balaban J connectivity index is 1.52. The standard InChI is InChI=1S/C20H24N2O2/c1-20(10-6-3-7-11-20)19(24)22-14-12-21(13-15-22)16-18(23)17-8-4-2-5-9-17/h2-10H,11-16H2,1H3. The van der Waals surface area contributed by atoms with E-state index in [9.17, 15) is 9.59 Å². The van der Waals surface area contributed by atoms with Crippen molar-refractivity contribution < 1.29 is 9.59 Å². The molecule has 1 fully saturated rings. The van der Waals surface area contributed by atoms with Gasteiger partial charge in [0, 0.05) is 31.7 Å². The van der Waals surface area contributed by atoms with Crippen LogP contribution in [0.5, 0.6) is 0 Å². The van der Waals surface area contributed by atoms with Crippen molar-refractivity contribution in [2.45, 2.75) is 13.3 Å². The Morgan fingerprint density at radius 3 is 2.38 bits per heavy atom. The quantitative estimate of drug-likeness (QED) is 0.799. The normalized spacial score (nSPS) is 24.1. The van der Waals surface area contributed by atoms with Gasteiger partial charge in [-0.1, -0.05) is 54.6 Å². The van der Waals surface area contributed by atoms with Gasteiger partial charge in [-0.3, -0.25) is 14.5 Å². The summed E-state index contributed by atoms with van der Waals surface area (Å²) in [7, 11) is 0. The summed E-state index contributed by atoms with van der Waals surface area (Å²) >= 11 is 0. The zero-order chi connectivity index (χ0) is 17.0. The Morgan fingerprint density at radius 2 is 1.75 bits per heavy atom. The van der Waals surface area contributed by atoms with Crippen molar-refractivity contribution in [2.75, 3.05) is 32.7 Å². The average Bonchev–Trinajstić information content (AvgIpc) is 2.63. The molecule has 1 saturated heterocycles. The molecule has 3 rings (SSSR count). The lowest BCUT2D eigenvalue weighted by Crippen LogP contribution is -2.53. The van der Waals surface area contributed by atoms with Crippen LogP contribution in [0, 0.1) is 5.41 Å². The van der Waals surface area contributed by atoms with E-state index >= 15 is 0 Å². The largest absolute Gasteiger partial charge is 0.339 e. The van der Waals surface area contributed by atoms with Crippen molar-refractivity contribution in [1.82, 2.24) is 9.80 Å². The lowest BCUT2D eigenvalue weighted by atomic mass is 9.82. The Labute approximate surface area is 143 Å². The molecule has 0 saturated carbocycles. The Morgan fingerprint density at radius 1 is 1.04 bits per heavy atom.